The third-order valence-corrected chi connectivity index (χ3v) is 3.12. The van der Waals surface area contributed by atoms with Gasteiger partial charge < -0.3 is 10.0 Å². The number of hydrogen-bond acceptors (Lipinski definition) is 3. The van der Waals surface area contributed by atoms with Gasteiger partial charge in [-0.1, -0.05) is 20.8 Å². The van der Waals surface area contributed by atoms with Crippen LogP contribution < -0.4 is 0 Å². The summed E-state index contributed by atoms with van der Waals surface area (Å²) in [5, 5.41) is 17.9. The van der Waals surface area contributed by atoms with Crippen LogP contribution in [0.15, 0.2) is 18.2 Å². The molecule has 114 valence electrons. The lowest BCUT2D eigenvalue weighted by Gasteiger charge is -2.30. The zero-order valence-corrected chi connectivity index (χ0v) is 13.3. The predicted octanol–water partition coefficient (Wildman–Crippen LogP) is 2.74. The Balaban J connectivity index is 3.02. The van der Waals surface area contributed by atoms with Crippen molar-refractivity contribution < 1.29 is 9.90 Å². The van der Waals surface area contributed by atoms with Crippen LogP contribution in [0.2, 0.25) is 0 Å². The van der Waals surface area contributed by atoms with Crippen molar-refractivity contribution in [3.63, 3.8) is 0 Å². The average Bonchev–Trinajstić information content (AvgIpc) is 2.41. The lowest BCUT2D eigenvalue weighted by Crippen LogP contribution is -2.39. The number of benzene rings is 1. The molecular weight excluding hydrogens is 264 g/mol. The van der Waals surface area contributed by atoms with Crippen molar-refractivity contribution in [3.8, 4) is 6.07 Å². The lowest BCUT2D eigenvalue weighted by atomic mass is 9.95. The van der Waals surface area contributed by atoms with Crippen LogP contribution in [0.3, 0.4) is 0 Å². The molecule has 1 rings (SSSR count). The molecule has 0 saturated carbocycles. The second-order valence-electron chi connectivity index (χ2n) is 6.51. The molecule has 21 heavy (non-hydrogen) atoms. The molecule has 0 spiro atoms. The molecule has 0 heterocycles. The number of amides is 1. The van der Waals surface area contributed by atoms with Crippen LogP contribution in [0.1, 0.15) is 48.7 Å². The number of aryl methyl sites for hydroxylation is 1. The van der Waals surface area contributed by atoms with Gasteiger partial charge in [0.1, 0.15) is 0 Å². The normalized spacial score (nSPS) is 11.0. The summed E-state index contributed by atoms with van der Waals surface area (Å²) < 4.78 is 0. The number of carbonyl (C=O) groups excluding carboxylic acids is 1. The Kier molecular flexibility index (Phi) is 5.92. The summed E-state index contributed by atoms with van der Waals surface area (Å²) in [5.74, 6) is -0.0413. The van der Waals surface area contributed by atoms with Crippen molar-refractivity contribution in [2.75, 3.05) is 19.7 Å². The quantitative estimate of drug-likeness (QED) is 0.906. The summed E-state index contributed by atoms with van der Waals surface area (Å²) in [6.45, 7) is 9.32. The first-order valence-electron chi connectivity index (χ1n) is 7.19. The van der Waals surface area contributed by atoms with Gasteiger partial charge in [-0.25, -0.2) is 0 Å². The van der Waals surface area contributed by atoms with Gasteiger partial charge in [0.25, 0.3) is 5.91 Å². The molecule has 4 nitrogen and oxygen atoms in total. The fourth-order valence-electron chi connectivity index (χ4n) is 2.23. The van der Waals surface area contributed by atoms with E-state index in [2.05, 4.69) is 26.8 Å². The molecule has 0 aliphatic heterocycles. The topological polar surface area (TPSA) is 64.3 Å². The van der Waals surface area contributed by atoms with Crippen LogP contribution in [-0.2, 0) is 0 Å². The Morgan fingerprint density at radius 3 is 2.52 bits per heavy atom. The highest BCUT2D eigenvalue weighted by Crippen LogP contribution is 2.19. The number of aliphatic hydroxyl groups is 1. The van der Waals surface area contributed by atoms with E-state index in [0.717, 1.165) is 5.56 Å². The molecule has 0 aliphatic rings. The van der Waals surface area contributed by atoms with Gasteiger partial charge in [0, 0.05) is 25.3 Å². The van der Waals surface area contributed by atoms with Crippen molar-refractivity contribution in [3.05, 3.63) is 34.9 Å². The predicted molar refractivity (Wildman–Crippen MR) is 83.0 cm³/mol. The van der Waals surface area contributed by atoms with Gasteiger partial charge in [-0.05, 0) is 42.5 Å². The Labute approximate surface area is 127 Å². The molecule has 0 unspecified atom stereocenters. The molecule has 0 radical (unpaired) electrons. The van der Waals surface area contributed by atoms with Gasteiger partial charge in [0.05, 0.1) is 11.6 Å². The molecule has 4 heteroatoms. The van der Waals surface area contributed by atoms with Gasteiger partial charge in [-0.3, -0.25) is 4.79 Å². The molecule has 0 bridgehead atoms. The van der Waals surface area contributed by atoms with Gasteiger partial charge in [0.2, 0.25) is 0 Å². The average molecular weight is 288 g/mol. The first-order valence-corrected chi connectivity index (χ1v) is 7.19. The minimum Gasteiger partial charge on any atom is -0.396 e. The monoisotopic (exact) mass is 288 g/mol. The molecule has 0 aliphatic carbocycles. The van der Waals surface area contributed by atoms with Crippen LogP contribution >= 0.6 is 0 Å². The Morgan fingerprint density at radius 2 is 2.05 bits per heavy atom. The van der Waals surface area contributed by atoms with E-state index in [-0.39, 0.29) is 17.9 Å². The second-order valence-corrected chi connectivity index (χ2v) is 6.51. The number of nitriles is 1. The van der Waals surface area contributed by atoms with Crippen LogP contribution in [0, 0.1) is 23.7 Å². The summed E-state index contributed by atoms with van der Waals surface area (Å²) in [5.41, 5.74) is 1.98. The molecular formula is C17H24N2O2. The third kappa shape index (κ3) is 5.20. The summed E-state index contributed by atoms with van der Waals surface area (Å²) in [6, 6.07) is 7.19. The highest BCUT2D eigenvalue weighted by atomic mass is 16.3. The van der Waals surface area contributed by atoms with E-state index < -0.39 is 0 Å². The molecule has 0 aromatic heterocycles. The van der Waals surface area contributed by atoms with Crippen LogP contribution in [0.25, 0.3) is 0 Å². The number of nitrogens with zero attached hydrogens (tertiary/aromatic N) is 2. The van der Waals surface area contributed by atoms with Crippen LogP contribution in [0.5, 0.6) is 0 Å². The lowest BCUT2D eigenvalue weighted by molar-refractivity contribution is 0.0682. The minimum atomic E-state index is -0.0413. The maximum Gasteiger partial charge on any atom is 0.254 e. The second kappa shape index (κ2) is 7.24. The van der Waals surface area contributed by atoms with Crippen molar-refractivity contribution in [1.82, 2.24) is 4.90 Å². The van der Waals surface area contributed by atoms with E-state index in [9.17, 15) is 4.79 Å². The molecule has 1 amide bonds. The molecule has 0 fully saturated rings. The van der Waals surface area contributed by atoms with Gasteiger partial charge in [-0.15, -0.1) is 0 Å². The number of carbonyl (C=O) groups is 1. The summed E-state index contributed by atoms with van der Waals surface area (Å²) in [7, 11) is 0. The Bertz CT molecular complexity index is 539. The summed E-state index contributed by atoms with van der Waals surface area (Å²) >= 11 is 0. The third-order valence-electron chi connectivity index (χ3n) is 3.12. The van der Waals surface area contributed by atoms with E-state index in [1.807, 2.05) is 6.92 Å². The highest BCUT2D eigenvalue weighted by molar-refractivity contribution is 5.95. The van der Waals surface area contributed by atoms with Crippen LogP contribution in [-0.4, -0.2) is 35.6 Å². The molecule has 0 atom stereocenters. The van der Waals surface area contributed by atoms with E-state index in [0.29, 0.717) is 30.6 Å². The Hall–Kier alpha value is -1.86. The Morgan fingerprint density at radius 1 is 1.38 bits per heavy atom. The van der Waals surface area contributed by atoms with E-state index in [1.165, 1.54) is 0 Å². The fourth-order valence-corrected chi connectivity index (χ4v) is 2.23. The maximum atomic E-state index is 12.7. The molecule has 0 saturated heterocycles. The minimum absolute atomic E-state index is 0.00832. The van der Waals surface area contributed by atoms with Gasteiger partial charge in [0.15, 0.2) is 0 Å². The van der Waals surface area contributed by atoms with E-state index in [1.54, 1.807) is 23.1 Å². The molecule has 1 aromatic carbocycles. The first-order chi connectivity index (χ1) is 9.78. The van der Waals surface area contributed by atoms with Crippen molar-refractivity contribution in [2.45, 2.75) is 34.1 Å². The number of aliphatic hydroxyl groups excluding tert-OH is 1. The fraction of sp³-hybridized carbons (Fsp3) is 0.529. The molecule has 1 aromatic rings. The van der Waals surface area contributed by atoms with Gasteiger partial charge >= 0.3 is 0 Å². The largest absolute Gasteiger partial charge is 0.396 e. The number of hydrogen-bond donors (Lipinski definition) is 1. The standard InChI is InChI=1S/C17H24N2O2/c1-13-10-14(11-18)6-7-15(13)16(21)19(8-5-9-20)12-17(2,3)4/h6-7,10,20H,5,8-9,12H2,1-4H3. The zero-order chi connectivity index (χ0) is 16.0. The summed E-state index contributed by atoms with van der Waals surface area (Å²) in [4.78, 5) is 14.5. The SMILES string of the molecule is Cc1cc(C#N)ccc1C(=O)N(CCCO)CC(C)(C)C. The van der Waals surface area contributed by atoms with E-state index in [4.69, 9.17) is 10.4 Å². The molecule has 1 N–H and O–H groups in total. The van der Waals surface area contributed by atoms with Crippen molar-refractivity contribution >= 4 is 5.91 Å². The van der Waals surface area contributed by atoms with Gasteiger partial charge in [-0.2, -0.15) is 5.26 Å². The summed E-state index contributed by atoms with van der Waals surface area (Å²) in [6.07, 6.45) is 0.567. The van der Waals surface area contributed by atoms with Crippen molar-refractivity contribution in [1.29, 1.82) is 5.26 Å². The van der Waals surface area contributed by atoms with Crippen LogP contribution in [0.4, 0.5) is 0 Å². The smallest absolute Gasteiger partial charge is 0.254 e. The van der Waals surface area contributed by atoms with E-state index >= 15 is 0 Å². The highest BCUT2D eigenvalue weighted by Gasteiger charge is 2.22. The zero-order valence-electron chi connectivity index (χ0n) is 13.3. The maximum absolute atomic E-state index is 12.7. The number of rotatable bonds is 5. The first kappa shape index (κ1) is 17.2. The van der Waals surface area contributed by atoms with Crippen molar-refractivity contribution in [2.24, 2.45) is 5.41 Å².